The zero-order valence-corrected chi connectivity index (χ0v) is 11.1. The molecule has 0 aromatic heterocycles. The van der Waals surface area contributed by atoms with E-state index in [1.54, 1.807) is 25.1 Å². The molecule has 2 N–H and O–H groups in total. The van der Waals surface area contributed by atoms with Crippen molar-refractivity contribution in [2.24, 2.45) is 5.73 Å². The van der Waals surface area contributed by atoms with E-state index in [2.05, 4.69) is 0 Å². The van der Waals surface area contributed by atoms with Crippen LogP contribution in [0.5, 0.6) is 5.75 Å². The lowest BCUT2D eigenvalue weighted by Crippen LogP contribution is -2.28. The van der Waals surface area contributed by atoms with Crippen LogP contribution >= 0.6 is 0 Å². The Kier molecular flexibility index (Phi) is 4.36. The van der Waals surface area contributed by atoms with Gasteiger partial charge in [-0.05, 0) is 24.6 Å². The highest BCUT2D eigenvalue weighted by Gasteiger charge is 2.19. The summed E-state index contributed by atoms with van der Waals surface area (Å²) in [6, 6.07) is 5.24. The van der Waals surface area contributed by atoms with Gasteiger partial charge in [0.05, 0.1) is 18.6 Å². The molecular weight excluding hydrogens is 240 g/mol. The number of sulfonamides is 1. The minimum absolute atomic E-state index is 0.0469. The summed E-state index contributed by atoms with van der Waals surface area (Å²) in [7, 11) is -0.263. The summed E-state index contributed by atoms with van der Waals surface area (Å²) >= 11 is 0. The Bertz CT molecular complexity index is 485. The molecule has 1 rings (SSSR count). The molecule has 0 unspecified atom stereocenters. The molecule has 0 radical (unpaired) electrons. The van der Waals surface area contributed by atoms with Crippen LogP contribution < -0.4 is 14.8 Å². The molecule has 0 heterocycles. The van der Waals surface area contributed by atoms with Gasteiger partial charge in [-0.2, -0.15) is 0 Å². The molecule has 0 fully saturated rings. The summed E-state index contributed by atoms with van der Waals surface area (Å²) in [5, 5.41) is 0. The van der Waals surface area contributed by atoms with Crippen LogP contribution in [-0.4, -0.2) is 28.3 Å². The van der Waals surface area contributed by atoms with Crippen LogP contribution in [0.4, 0.5) is 5.69 Å². The summed E-state index contributed by atoms with van der Waals surface area (Å²) in [4.78, 5) is 0. The maximum absolute atomic E-state index is 11.8. The monoisotopic (exact) mass is 258 g/mol. The predicted molar refractivity (Wildman–Crippen MR) is 68.7 cm³/mol. The van der Waals surface area contributed by atoms with Gasteiger partial charge in [-0.3, -0.25) is 4.31 Å². The first-order valence-electron chi connectivity index (χ1n) is 5.29. The van der Waals surface area contributed by atoms with Crippen LogP contribution in [0.1, 0.15) is 12.5 Å². The third-order valence-electron chi connectivity index (χ3n) is 2.60. The largest absolute Gasteiger partial charge is 0.495 e. The van der Waals surface area contributed by atoms with Crippen molar-refractivity contribution in [3.8, 4) is 5.75 Å². The maximum Gasteiger partial charge on any atom is 0.234 e. The molecular formula is C11H18N2O3S. The van der Waals surface area contributed by atoms with E-state index in [9.17, 15) is 8.42 Å². The lowest BCUT2D eigenvalue weighted by Gasteiger charge is -2.21. The maximum atomic E-state index is 11.8. The lowest BCUT2D eigenvalue weighted by atomic mass is 10.2. The molecule has 0 aliphatic rings. The molecule has 0 saturated carbocycles. The second kappa shape index (κ2) is 5.37. The lowest BCUT2D eigenvalue weighted by molar-refractivity contribution is 0.415. The third-order valence-corrected chi connectivity index (χ3v) is 4.36. The second-order valence-electron chi connectivity index (χ2n) is 3.58. The summed E-state index contributed by atoms with van der Waals surface area (Å²) in [6.45, 7) is 1.99. The van der Waals surface area contributed by atoms with E-state index in [1.807, 2.05) is 0 Å². The van der Waals surface area contributed by atoms with Gasteiger partial charge in [0.2, 0.25) is 10.0 Å². The highest BCUT2D eigenvalue weighted by atomic mass is 32.2. The van der Waals surface area contributed by atoms with Gasteiger partial charge >= 0.3 is 0 Å². The Hall–Kier alpha value is -1.27. The zero-order chi connectivity index (χ0) is 13.1. The van der Waals surface area contributed by atoms with Gasteiger partial charge in [0.1, 0.15) is 5.75 Å². The van der Waals surface area contributed by atoms with E-state index < -0.39 is 10.0 Å². The molecule has 96 valence electrons. The fourth-order valence-corrected chi connectivity index (χ4v) is 2.29. The Balaban J connectivity index is 3.22. The molecule has 0 aliphatic heterocycles. The number of hydrogen-bond donors (Lipinski definition) is 1. The molecule has 17 heavy (non-hydrogen) atoms. The number of benzene rings is 1. The van der Waals surface area contributed by atoms with Crippen LogP contribution in [0.3, 0.4) is 0 Å². The number of hydrogen-bond acceptors (Lipinski definition) is 4. The third kappa shape index (κ3) is 2.89. The Morgan fingerprint density at radius 3 is 2.53 bits per heavy atom. The zero-order valence-electron chi connectivity index (χ0n) is 10.3. The first kappa shape index (κ1) is 13.8. The van der Waals surface area contributed by atoms with E-state index in [0.717, 1.165) is 5.56 Å². The molecule has 1 aromatic rings. The van der Waals surface area contributed by atoms with E-state index in [1.165, 1.54) is 18.5 Å². The van der Waals surface area contributed by atoms with Gasteiger partial charge in [-0.25, -0.2) is 8.42 Å². The van der Waals surface area contributed by atoms with Crippen molar-refractivity contribution in [3.05, 3.63) is 23.8 Å². The fourth-order valence-electron chi connectivity index (χ4n) is 1.45. The topological polar surface area (TPSA) is 72.6 Å². The molecule has 0 atom stereocenters. The van der Waals surface area contributed by atoms with Gasteiger partial charge in [-0.1, -0.05) is 6.07 Å². The average Bonchev–Trinajstić information content (AvgIpc) is 2.36. The molecule has 0 saturated heterocycles. The van der Waals surface area contributed by atoms with E-state index in [0.29, 0.717) is 18.0 Å². The predicted octanol–water partition coefficient (Wildman–Crippen LogP) is 0.940. The van der Waals surface area contributed by atoms with Gasteiger partial charge in [0.15, 0.2) is 0 Å². The number of ether oxygens (including phenoxy) is 1. The number of methoxy groups -OCH3 is 1. The van der Waals surface area contributed by atoms with Crippen molar-refractivity contribution < 1.29 is 13.2 Å². The van der Waals surface area contributed by atoms with E-state index >= 15 is 0 Å². The van der Waals surface area contributed by atoms with Crippen LogP contribution in [0.15, 0.2) is 18.2 Å². The fraction of sp³-hybridized carbons (Fsp3) is 0.455. The highest BCUT2D eigenvalue weighted by molar-refractivity contribution is 7.92. The van der Waals surface area contributed by atoms with Crippen LogP contribution in [0, 0.1) is 0 Å². The van der Waals surface area contributed by atoms with Crippen molar-refractivity contribution in [2.45, 2.75) is 13.5 Å². The van der Waals surface area contributed by atoms with Crippen LogP contribution in [0.25, 0.3) is 0 Å². The second-order valence-corrected chi connectivity index (χ2v) is 5.87. The van der Waals surface area contributed by atoms with Crippen molar-refractivity contribution in [1.82, 2.24) is 0 Å². The number of anilines is 1. The van der Waals surface area contributed by atoms with E-state index in [4.69, 9.17) is 10.5 Å². The Morgan fingerprint density at radius 1 is 1.41 bits per heavy atom. The van der Waals surface area contributed by atoms with Crippen molar-refractivity contribution in [2.75, 3.05) is 24.2 Å². The number of nitrogens with two attached hydrogens (primary N) is 1. The summed E-state index contributed by atoms with van der Waals surface area (Å²) in [5.41, 5.74) is 6.94. The summed E-state index contributed by atoms with van der Waals surface area (Å²) in [6.07, 6.45) is 0. The summed E-state index contributed by atoms with van der Waals surface area (Å²) < 4.78 is 30.0. The van der Waals surface area contributed by atoms with Gasteiger partial charge in [-0.15, -0.1) is 0 Å². The number of nitrogens with zero attached hydrogens (tertiary/aromatic N) is 1. The molecule has 0 spiro atoms. The molecule has 0 aliphatic carbocycles. The Morgan fingerprint density at radius 2 is 2.06 bits per heavy atom. The van der Waals surface area contributed by atoms with Gasteiger partial charge < -0.3 is 10.5 Å². The van der Waals surface area contributed by atoms with Crippen molar-refractivity contribution in [3.63, 3.8) is 0 Å². The normalized spacial score (nSPS) is 11.3. The SMILES string of the molecule is CCS(=O)(=O)N(C)c1ccc(CN)cc1OC. The molecule has 0 amide bonds. The van der Waals surface area contributed by atoms with Crippen molar-refractivity contribution >= 4 is 15.7 Å². The molecule has 6 heteroatoms. The van der Waals surface area contributed by atoms with Crippen LogP contribution in [0.2, 0.25) is 0 Å². The van der Waals surface area contributed by atoms with Gasteiger partial charge in [0.25, 0.3) is 0 Å². The molecule has 1 aromatic carbocycles. The van der Waals surface area contributed by atoms with Crippen molar-refractivity contribution in [1.29, 1.82) is 0 Å². The quantitative estimate of drug-likeness (QED) is 0.853. The minimum Gasteiger partial charge on any atom is -0.495 e. The van der Waals surface area contributed by atoms with E-state index in [-0.39, 0.29) is 5.75 Å². The number of rotatable bonds is 5. The first-order valence-corrected chi connectivity index (χ1v) is 6.90. The van der Waals surface area contributed by atoms with Gasteiger partial charge in [0, 0.05) is 13.6 Å². The smallest absolute Gasteiger partial charge is 0.234 e. The Labute approximate surface area is 102 Å². The summed E-state index contributed by atoms with van der Waals surface area (Å²) in [5.74, 6) is 0.554. The first-order chi connectivity index (χ1) is 7.96. The molecule has 5 nitrogen and oxygen atoms in total. The van der Waals surface area contributed by atoms with Crippen LogP contribution in [-0.2, 0) is 16.6 Å². The standard InChI is InChI=1S/C11H18N2O3S/c1-4-17(14,15)13(2)10-6-5-9(8-12)7-11(10)16-3/h5-7H,4,8,12H2,1-3H3. The average molecular weight is 258 g/mol. The minimum atomic E-state index is -3.28. The molecule has 0 bridgehead atoms. The highest BCUT2D eigenvalue weighted by Crippen LogP contribution is 2.30.